The lowest BCUT2D eigenvalue weighted by Gasteiger charge is -2.23. The molecular weight excluding hydrogens is 150 g/mol. The average Bonchev–Trinajstić information content (AvgIpc) is 2.16. The van der Waals surface area contributed by atoms with E-state index in [2.05, 4.69) is 5.32 Å². The Morgan fingerprint density at radius 1 is 1.42 bits per heavy atom. The summed E-state index contributed by atoms with van der Waals surface area (Å²) in [4.78, 5) is 10.4. The monoisotopic (exact) mass is 168 g/mol. The molecule has 1 aliphatic carbocycles. The predicted molar refractivity (Wildman–Crippen MR) is 49.7 cm³/mol. The van der Waals surface area contributed by atoms with Crippen LogP contribution in [-0.2, 0) is 4.79 Å². The van der Waals surface area contributed by atoms with Crippen molar-refractivity contribution in [2.24, 2.45) is 5.92 Å². The van der Waals surface area contributed by atoms with Gasteiger partial charge in [0.1, 0.15) is 0 Å². The van der Waals surface area contributed by atoms with E-state index in [4.69, 9.17) is 0 Å². The molecule has 0 amide bonds. The van der Waals surface area contributed by atoms with Crippen LogP contribution in [0.5, 0.6) is 0 Å². The van der Waals surface area contributed by atoms with Crippen molar-refractivity contribution >= 4 is 6.29 Å². The number of likely N-dealkylation sites (N-methyl/N-ethyl adjacent to an activating group) is 1. The van der Waals surface area contributed by atoms with Crippen molar-refractivity contribution in [3.63, 3.8) is 0 Å². The van der Waals surface area contributed by atoms with Crippen LogP contribution in [0.1, 0.15) is 38.5 Å². The zero-order valence-electron chi connectivity index (χ0n) is 7.81. The Hall–Kier alpha value is -0.370. The predicted octanol–water partition coefficient (Wildman–Crippen LogP) is 1.65. The molecule has 1 aliphatic rings. The number of hydrogen-bond acceptors (Lipinski definition) is 2. The zero-order valence-corrected chi connectivity index (χ0v) is 7.81. The maximum absolute atomic E-state index is 10.4. The van der Waals surface area contributed by atoms with Crippen LogP contribution in [0, 0.1) is 5.92 Å². The van der Waals surface area contributed by atoms with E-state index in [1.807, 2.05) is 13.3 Å². The van der Waals surface area contributed by atoms with E-state index < -0.39 is 0 Å². The molecule has 1 radical (unpaired) electrons. The molecule has 1 rings (SSSR count). The Balaban J connectivity index is 2.22. The molecule has 0 aromatic carbocycles. The number of rotatable bonds is 4. The van der Waals surface area contributed by atoms with E-state index in [0.29, 0.717) is 0 Å². The van der Waals surface area contributed by atoms with Gasteiger partial charge in [-0.1, -0.05) is 32.1 Å². The van der Waals surface area contributed by atoms with E-state index in [-0.39, 0.29) is 6.04 Å². The van der Waals surface area contributed by atoms with Crippen LogP contribution in [0.3, 0.4) is 0 Å². The highest BCUT2D eigenvalue weighted by Crippen LogP contribution is 2.26. The first-order valence-electron chi connectivity index (χ1n) is 4.91. The van der Waals surface area contributed by atoms with Gasteiger partial charge in [-0.3, -0.25) is 4.79 Å². The average molecular weight is 168 g/mol. The van der Waals surface area contributed by atoms with Crippen molar-refractivity contribution in [2.75, 3.05) is 7.05 Å². The molecule has 0 heterocycles. The van der Waals surface area contributed by atoms with Gasteiger partial charge in [-0.2, -0.15) is 0 Å². The third-order valence-corrected chi connectivity index (χ3v) is 2.78. The van der Waals surface area contributed by atoms with E-state index in [0.717, 1.165) is 12.3 Å². The van der Waals surface area contributed by atoms with Gasteiger partial charge < -0.3 is 5.32 Å². The largest absolute Gasteiger partial charge is 0.310 e. The summed E-state index contributed by atoms with van der Waals surface area (Å²) in [7, 11) is 1.83. The fraction of sp³-hybridized carbons (Fsp3) is 0.900. The Morgan fingerprint density at radius 2 is 2.08 bits per heavy atom. The molecule has 1 unspecified atom stereocenters. The molecule has 0 aliphatic heterocycles. The molecule has 69 valence electrons. The van der Waals surface area contributed by atoms with Crippen molar-refractivity contribution in [3.05, 3.63) is 0 Å². The molecule has 0 saturated heterocycles. The summed E-state index contributed by atoms with van der Waals surface area (Å²) in [6.07, 6.45) is 9.71. The Bertz CT molecular complexity index is 130. The van der Waals surface area contributed by atoms with Gasteiger partial charge in [-0.05, 0) is 19.4 Å². The first-order valence-corrected chi connectivity index (χ1v) is 4.91. The highest BCUT2D eigenvalue weighted by molar-refractivity contribution is 5.58. The molecule has 1 fully saturated rings. The summed E-state index contributed by atoms with van der Waals surface area (Å²) in [6.45, 7) is 0. The Morgan fingerprint density at radius 3 is 2.58 bits per heavy atom. The van der Waals surface area contributed by atoms with Crippen LogP contribution in [0.15, 0.2) is 0 Å². The lowest BCUT2D eigenvalue weighted by molar-refractivity contribution is 0.321. The fourth-order valence-corrected chi connectivity index (χ4v) is 1.98. The van der Waals surface area contributed by atoms with Crippen molar-refractivity contribution in [1.82, 2.24) is 5.32 Å². The van der Waals surface area contributed by atoms with Gasteiger partial charge in [-0.25, -0.2) is 0 Å². The number of nitrogens with one attached hydrogen (secondary N) is 1. The maximum atomic E-state index is 10.4. The SMILES string of the molecule is CNC([C]=O)CC1CCCCC1. The van der Waals surface area contributed by atoms with Crippen LogP contribution in [-0.4, -0.2) is 19.4 Å². The molecule has 0 bridgehead atoms. The molecule has 1 N–H and O–H groups in total. The molecule has 2 nitrogen and oxygen atoms in total. The fourth-order valence-electron chi connectivity index (χ4n) is 1.98. The van der Waals surface area contributed by atoms with E-state index >= 15 is 0 Å². The minimum absolute atomic E-state index is 0.0342. The van der Waals surface area contributed by atoms with Gasteiger partial charge in [0.2, 0.25) is 6.29 Å². The highest BCUT2D eigenvalue weighted by atomic mass is 16.1. The summed E-state index contributed by atoms with van der Waals surface area (Å²) in [5.74, 6) is 0.762. The molecule has 2 heteroatoms. The minimum atomic E-state index is -0.0342. The molecule has 0 spiro atoms. The van der Waals surface area contributed by atoms with Crippen molar-refractivity contribution in [3.8, 4) is 0 Å². The molecule has 0 aromatic rings. The lowest BCUT2D eigenvalue weighted by atomic mass is 9.85. The topological polar surface area (TPSA) is 29.1 Å². The van der Waals surface area contributed by atoms with Crippen LogP contribution >= 0.6 is 0 Å². The summed E-state index contributed by atoms with van der Waals surface area (Å²) in [5.41, 5.74) is 0. The smallest absolute Gasteiger partial charge is 0.216 e. The third-order valence-electron chi connectivity index (χ3n) is 2.78. The van der Waals surface area contributed by atoms with Gasteiger partial charge in [0.25, 0.3) is 0 Å². The maximum Gasteiger partial charge on any atom is 0.216 e. The van der Waals surface area contributed by atoms with Gasteiger partial charge >= 0.3 is 0 Å². The highest BCUT2D eigenvalue weighted by Gasteiger charge is 2.17. The van der Waals surface area contributed by atoms with E-state index in [1.165, 1.54) is 32.1 Å². The first kappa shape index (κ1) is 9.72. The van der Waals surface area contributed by atoms with E-state index in [1.54, 1.807) is 0 Å². The lowest BCUT2D eigenvalue weighted by Crippen LogP contribution is -2.29. The van der Waals surface area contributed by atoms with Crippen LogP contribution in [0.2, 0.25) is 0 Å². The second-order valence-electron chi connectivity index (χ2n) is 3.70. The summed E-state index contributed by atoms with van der Waals surface area (Å²) in [6, 6.07) is -0.0342. The van der Waals surface area contributed by atoms with Gasteiger partial charge in [-0.15, -0.1) is 0 Å². The Kier molecular flexibility index (Phi) is 4.30. The van der Waals surface area contributed by atoms with E-state index in [9.17, 15) is 4.79 Å². The quantitative estimate of drug-likeness (QED) is 0.691. The van der Waals surface area contributed by atoms with Crippen LogP contribution in [0.25, 0.3) is 0 Å². The molecular formula is C10H18NO. The Labute approximate surface area is 74.7 Å². The second-order valence-corrected chi connectivity index (χ2v) is 3.70. The summed E-state index contributed by atoms with van der Waals surface area (Å²) in [5, 5.41) is 2.98. The van der Waals surface area contributed by atoms with Gasteiger partial charge in [0.15, 0.2) is 0 Å². The normalized spacial score (nSPS) is 22.1. The summed E-state index contributed by atoms with van der Waals surface area (Å²) < 4.78 is 0. The van der Waals surface area contributed by atoms with Crippen molar-refractivity contribution < 1.29 is 4.79 Å². The molecule has 1 saturated carbocycles. The molecule has 1 atom stereocenters. The minimum Gasteiger partial charge on any atom is -0.310 e. The van der Waals surface area contributed by atoms with Crippen molar-refractivity contribution in [1.29, 1.82) is 0 Å². The van der Waals surface area contributed by atoms with Gasteiger partial charge in [0.05, 0.1) is 6.04 Å². The molecule has 0 aromatic heterocycles. The van der Waals surface area contributed by atoms with Crippen LogP contribution in [0.4, 0.5) is 0 Å². The van der Waals surface area contributed by atoms with Crippen molar-refractivity contribution in [2.45, 2.75) is 44.6 Å². The van der Waals surface area contributed by atoms with Gasteiger partial charge in [0, 0.05) is 0 Å². The van der Waals surface area contributed by atoms with Crippen LogP contribution < -0.4 is 5.32 Å². The first-order chi connectivity index (χ1) is 5.86. The number of carbonyl (C=O) groups excluding carboxylic acids is 1. The zero-order chi connectivity index (χ0) is 8.81. The third kappa shape index (κ3) is 2.94. The summed E-state index contributed by atoms with van der Waals surface area (Å²) >= 11 is 0. The standard InChI is InChI=1S/C10H18NO/c1-11-10(8-12)7-9-5-3-2-4-6-9/h9-11H,2-7H2,1H3. The number of hydrogen-bond donors (Lipinski definition) is 1. The second kappa shape index (κ2) is 5.31. The molecule has 12 heavy (non-hydrogen) atoms.